The summed E-state index contributed by atoms with van der Waals surface area (Å²) in [5, 5.41) is 11.9. The highest BCUT2D eigenvalue weighted by molar-refractivity contribution is 8.23. The molecule has 0 aliphatic carbocycles. The van der Waals surface area contributed by atoms with Crippen molar-refractivity contribution < 1.29 is 5.11 Å². The zero-order chi connectivity index (χ0) is 6.15. The predicted octanol–water partition coefficient (Wildman–Crippen LogP) is 0.315. The molecule has 0 bridgehead atoms. The van der Waals surface area contributed by atoms with Crippen LogP contribution in [0.3, 0.4) is 0 Å². The van der Waals surface area contributed by atoms with Crippen LogP contribution in [0.15, 0.2) is 0 Å². The van der Waals surface area contributed by atoms with Crippen LogP contribution in [0, 0.1) is 0 Å². The topological polar surface area (TPSA) is 32.3 Å². The van der Waals surface area contributed by atoms with Gasteiger partial charge in [0.25, 0.3) is 0 Å². The summed E-state index contributed by atoms with van der Waals surface area (Å²) >= 11 is 6.26. The van der Waals surface area contributed by atoms with Gasteiger partial charge in [0.2, 0.25) is 0 Å². The van der Waals surface area contributed by atoms with Crippen molar-refractivity contribution in [1.82, 2.24) is 5.32 Å². The van der Waals surface area contributed by atoms with Gasteiger partial charge in [0.15, 0.2) is 0 Å². The predicted molar refractivity (Wildman–Crippen MR) is 38.8 cm³/mol. The van der Waals surface area contributed by atoms with Gasteiger partial charge in [-0.3, -0.25) is 0 Å². The van der Waals surface area contributed by atoms with Crippen LogP contribution in [0.1, 0.15) is 6.92 Å². The van der Waals surface area contributed by atoms with Crippen LogP contribution >= 0.6 is 24.0 Å². The van der Waals surface area contributed by atoms with Crippen molar-refractivity contribution in [3.05, 3.63) is 0 Å². The Kier molecular flexibility index (Phi) is 1.74. The number of rotatable bonds is 0. The molecule has 0 radical (unpaired) electrons. The molecule has 1 saturated heterocycles. The summed E-state index contributed by atoms with van der Waals surface area (Å²) in [6, 6.07) is 0. The van der Waals surface area contributed by atoms with Crippen LogP contribution in [0.25, 0.3) is 0 Å². The van der Waals surface area contributed by atoms with E-state index in [1.165, 1.54) is 11.8 Å². The van der Waals surface area contributed by atoms with Crippen molar-refractivity contribution in [1.29, 1.82) is 0 Å². The van der Waals surface area contributed by atoms with Gasteiger partial charge in [-0.25, -0.2) is 0 Å². The van der Waals surface area contributed by atoms with Crippen molar-refractivity contribution >= 4 is 28.3 Å². The lowest BCUT2D eigenvalue weighted by atomic mass is 10.4. The van der Waals surface area contributed by atoms with E-state index >= 15 is 0 Å². The molecule has 1 aliphatic rings. The van der Waals surface area contributed by atoms with E-state index in [4.69, 9.17) is 17.3 Å². The van der Waals surface area contributed by atoms with Crippen LogP contribution in [-0.2, 0) is 0 Å². The molecule has 46 valence electrons. The molecular formula is C4H7NOS2. The molecule has 1 rings (SSSR count). The van der Waals surface area contributed by atoms with E-state index in [1.807, 2.05) is 6.92 Å². The van der Waals surface area contributed by atoms with Crippen molar-refractivity contribution in [2.24, 2.45) is 0 Å². The van der Waals surface area contributed by atoms with E-state index in [0.29, 0.717) is 4.32 Å². The first-order valence-corrected chi connectivity index (χ1v) is 3.64. The fourth-order valence-electron chi connectivity index (χ4n) is 0.505. The minimum atomic E-state index is -0.438. The third-order valence-electron chi connectivity index (χ3n) is 1.00. The quantitative estimate of drug-likeness (QED) is 0.486. The number of hydrogen-bond acceptors (Lipinski definition) is 3. The second-order valence-corrected chi connectivity index (χ2v) is 3.75. The zero-order valence-corrected chi connectivity index (χ0v) is 6.05. The summed E-state index contributed by atoms with van der Waals surface area (Å²) in [4.78, 5) is 0. The summed E-state index contributed by atoms with van der Waals surface area (Å²) in [6.45, 7) is 1.93. The van der Waals surface area contributed by atoms with Gasteiger partial charge in [-0.05, 0) is 6.92 Å². The van der Waals surface area contributed by atoms with Crippen LogP contribution in [-0.4, -0.2) is 20.9 Å². The van der Waals surface area contributed by atoms with Crippen molar-refractivity contribution in [3.63, 3.8) is 0 Å². The molecule has 1 fully saturated rings. The first-order chi connectivity index (χ1) is 3.70. The van der Waals surface area contributed by atoms with Crippen molar-refractivity contribution in [2.45, 2.75) is 18.4 Å². The van der Waals surface area contributed by atoms with Crippen LogP contribution in [0.4, 0.5) is 0 Å². The highest BCUT2D eigenvalue weighted by Gasteiger charge is 2.24. The third-order valence-corrected chi connectivity index (χ3v) is 2.37. The molecule has 0 aromatic carbocycles. The molecule has 0 aromatic rings. The molecule has 2 atom stereocenters. The SMILES string of the molecule is C[C@@H]1SC(=S)N[C@@H]1O. The van der Waals surface area contributed by atoms with Crippen LogP contribution in [0.2, 0.25) is 0 Å². The molecule has 2 nitrogen and oxygen atoms in total. The van der Waals surface area contributed by atoms with E-state index in [-0.39, 0.29) is 5.25 Å². The maximum Gasteiger partial charge on any atom is 0.137 e. The minimum Gasteiger partial charge on any atom is -0.373 e. The second kappa shape index (κ2) is 2.21. The Bertz CT molecular complexity index is 105. The lowest BCUT2D eigenvalue weighted by Crippen LogP contribution is -2.28. The maximum absolute atomic E-state index is 8.95. The van der Waals surface area contributed by atoms with Gasteiger partial charge < -0.3 is 10.4 Å². The molecule has 4 heteroatoms. The summed E-state index contributed by atoms with van der Waals surface area (Å²) < 4.78 is 0.699. The molecule has 8 heavy (non-hydrogen) atoms. The number of hydrogen-bond donors (Lipinski definition) is 2. The Hall–Kier alpha value is 0.200. The number of nitrogens with one attached hydrogen (secondary N) is 1. The first-order valence-electron chi connectivity index (χ1n) is 2.35. The van der Waals surface area contributed by atoms with Crippen LogP contribution in [0.5, 0.6) is 0 Å². The van der Waals surface area contributed by atoms with Gasteiger partial charge in [-0.2, -0.15) is 0 Å². The van der Waals surface area contributed by atoms with E-state index < -0.39 is 6.23 Å². The second-order valence-electron chi connectivity index (χ2n) is 1.70. The van der Waals surface area contributed by atoms with Crippen molar-refractivity contribution in [2.75, 3.05) is 0 Å². The molecule has 0 aromatic heterocycles. The van der Waals surface area contributed by atoms with E-state index in [0.717, 1.165) is 0 Å². The monoisotopic (exact) mass is 149 g/mol. The normalized spacial score (nSPS) is 37.5. The molecule has 0 amide bonds. The number of thiocarbonyl (C=S) groups is 1. The molecule has 1 heterocycles. The molecule has 2 N–H and O–H groups in total. The average molecular weight is 149 g/mol. The Balaban J connectivity index is 2.51. The average Bonchev–Trinajstić information content (AvgIpc) is 1.85. The van der Waals surface area contributed by atoms with Gasteiger partial charge in [0, 0.05) is 0 Å². The summed E-state index contributed by atoms with van der Waals surface area (Å²) in [7, 11) is 0. The highest BCUT2D eigenvalue weighted by atomic mass is 32.2. The Morgan fingerprint density at radius 3 is 2.62 bits per heavy atom. The van der Waals surface area contributed by atoms with Gasteiger partial charge >= 0.3 is 0 Å². The van der Waals surface area contributed by atoms with E-state index in [1.54, 1.807) is 0 Å². The van der Waals surface area contributed by atoms with E-state index in [9.17, 15) is 0 Å². The first kappa shape index (κ1) is 6.32. The smallest absolute Gasteiger partial charge is 0.137 e. The largest absolute Gasteiger partial charge is 0.373 e. The minimum absolute atomic E-state index is 0.211. The summed E-state index contributed by atoms with van der Waals surface area (Å²) in [5.74, 6) is 0. The van der Waals surface area contributed by atoms with Gasteiger partial charge in [-0.15, -0.1) is 0 Å². The Morgan fingerprint density at radius 2 is 2.50 bits per heavy atom. The fourth-order valence-corrected chi connectivity index (χ4v) is 1.80. The fraction of sp³-hybridized carbons (Fsp3) is 0.750. The summed E-state index contributed by atoms with van der Waals surface area (Å²) in [6.07, 6.45) is -0.438. The van der Waals surface area contributed by atoms with Gasteiger partial charge in [0.05, 0.1) is 5.25 Å². The van der Waals surface area contributed by atoms with Crippen LogP contribution < -0.4 is 5.32 Å². The Labute approximate surface area is 57.7 Å². The van der Waals surface area contributed by atoms with Gasteiger partial charge in [-0.1, -0.05) is 24.0 Å². The molecule has 1 aliphatic heterocycles. The number of aliphatic hydroxyl groups is 1. The summed E-state index contributed by atoms with van der Waals surface area (Å²) in [5.41, 5.74) is 0. The molecular weight excluding hydrogens is 142 g/mol. The number of aliphatic hydroxyl groups excluding tert-OH is 1. The third kappa shape index (κ3) is 1.13. The van der Waals surface area contributed by atoms with Crippen molar-refractivity contribution in [3.8, 4) is 0 Å². The van der Waals surface area contributed by atoms with E-state index in [2.05, 4.69) is 5.32 Å². The lowest BCUT2D eigenvalue weighted by molar-refractivity contribution is 0.167. The standard InChI is InChI=1S/C4H7NOS2/c1-2-3(6)5-4(7)8-2/h2-3,6H,1H3,(H,5,7)/t2-,3+/m0/s1. The molecule has 0 saturated carbocycles. The maximum atomic E-state index is 8.95. The van der Waals surface area contributed by atoms with Gasteiger partial charge in [0.1, 0.15) is 10.5 Å². The number of thioether (sulfide) groups is 1. The zero-order valence-electron chi connectivity index (χ0n) is 4.42. The molecule has 0 unspecified atom stereocenters. The molecule has 0 spiro atoms. The Morgan fingerprint density at radius 1 is 1.88 bits per heavy atom. The lowest BCUT2D eigenvalue weighted by Gasteiger charge is -2.03. The highest BCUT2D eigenvalue weighted by Crippen LogP contribution is 2.20.